The van der Waals surface area contributed by atoms with Gasteiger partial charge in [0.05, 0.1) is 11.1 Å². The molecule has 0 unspecified atom stereocenters. The molecule has 122 valence electrons. The van der Waals surface area contributed by atoms with E-state index in [0.717, 1.165) is 11.4 Å². The summed E-state index contributed by atoms with van der Waals surface area (Å²) in [6.07, 6.45) is 4.93. The Kier molecular flexibility index (Phi) is 4.52. The molecule has 23 heavy (non-hydrogen) atoms. The number of benzene rings is 1. The van der Waals surface area contributed by atoms with E-state index in [2.05, 4.69) is 9.97 Å². The highest BCUT2D eigenvalue weighted by Gasteiger charge is 2.29. The van der Waals surface area contributed by atoms with Crippen molar-refractivity contribution >= 4 is 27.4 Å². The van der Waals surface area contributed by atoms with Gasteiger partial charge >= 0.3 is 0 Å². The Morgan fingerprint density at radius 1 is 1.13 bits per heavy atom. The van der Waals surface area contributed by atoms with Crippen molar-refractivity contribution in [2.75, 3.05) is 31.1 Å². The molecule has 1 aliphatic rings. The van der Waals surface area contributed by atoms with Crippen LogP contribution in [-0.4, -0.2) is 48.9 Å². The van der Waals surface area contributed by atoms with Crippen molar-refractivity contribution < 1.29 is 8.42 Å². The summed E-state index contributed by atoms with van der Waals surface area (Å²) in [6.45, 7) is 3.82. The lowest BCUT2D eigenvalue weighted by Crippen LogP contribution is -2.48. The molecule has 0 aliphatic carbocycles. The fourth-order valence-electron chi connectivity index (χ4n) is 2.50. The maximum absolute atomic E-state index is 12.7. The van der Waals surface area contributed by atoms with Crippen LogP contribution in [-0.2, 0) is 10.0 Å². The van der Waals surface area contributed by atoms with Crippen LogP contribution < -0.4 is 4.90 Å². The number of aryl methyl sites for hydroxylation is 1. The highest BCUT2D eigenvalue weighted by molar-refractivity contribution is 7.89. The summed E-state index contributed by atoms with van der Waals surface area (Å²) in [6, 6.07) is 4.85. The van der Waals surface area contributed by atoms with Crippen molar-refractivity contribution in [3.8, 4) is 0 Å². The number of anilines is 1. The van der Waals surface area contributed by atoms with E-state index >= 15 is 0 Å². The van der Waals surface area contributed by atoms with E-state index in [4.69, 9.17) is 11.6 Å². The molecule has 0 radical (unpaired) electrons. The minimum atomic E-state index is -3.52. The van der Waals surface area contributed by atoms with Crippen LogP contribution >= 0.6 is 11.6 Å². The summed E-state index contributed by atoms with van der Waals surface area (Å²) in [7, 11) is -3.52. The fraction of sp³-hybridized carbons (Fsp3) is 0.333. The SMILES string of the molecule is Cc1ccc(S(=O)(=O)N2CCN(c3cnccn3)CC2)cc1Cl. The monoisotopic (exact) mass is 352 g/mol. The van der Waals surface area contributed by atoms with E-state index in [1.807, 2.05) is 11.8 Å². The van der Waals surface area contributed by atoms with Crippen LogP contribution in [0.2, 0.25) is 5.02 Å². The maximum Gasteiger partial charge on any atom is 0.243 e. The van der Waals surface area contributed by atoms with Gasteiger partial charge in [0.2, 0.25) is 10.0 Å². The van der Waals surface area contributed by atoms with Gasteiger partial charge < -0.3 is 4.90 Å². The average molecular weight is 353 g/mol. The molecule has 2 aromatic rings. The number of sulfonamides is 1. The first-order chi connectivity index (χ1) is 11.0. The molecular weight excluding hydrogens is 336 g/mol. The van der Waals surface area contributed by atoms with Crippen LogP contribution in [0.25, 0.3) is 0 Å². The lowest BCUT2D eigenvalue weighted by Gasteiger charge is -2.34. The zero-order valence-corrected chi connectivity index (χ0v) is 14.3. The van der Waals surface area contributed by atoms with Crippen molar-refractivity contribution in [1.82, 2.24) is 14.3 Å². The quantitative estimate of drug-likeness (QED) is 0.844. The molecule has 1 fully saturated rings. The van der Waals surface area contributed by atoms with E-state index in [1.165, 1.54) is 10.4 Å². The summed E-state index contributed by atoms with van der Waals surface area (Å²) in [5, 5.41) is 0.462. The minimum Gasteiger partial charge on any atom is -0.353 e. The zero-order chi connectivity index (χ0) is 16.4. The van der Waals surface area contributed by atoms with Gasteiger partial charge in [-0.1, -0.05) is 17.7 Å². The molecule has 6 nitrogen and oxygen atoms in total. The van der Waals surface area contributed by atoms with Gasteiger partial charge in [-0.05, 0) is 24.6 Å². The number of piperazine rings is 1. The van der Waals surface area contributed by atoms with Crippen LogP contribution in [0.1, 0.15) is 5.56 Å². The topological polar surface area (TPSA) is 66.4 Å². The number of rotatable bonds is 3. The lowest BCUT2D eigenvalue weighted by molar-refractivity contribution is 0.383. The molecule has 0 bridgehead atoms. The van der Waals surface area contributed by atoms with Gasteiger partial charge in [-0.2, -0.15) is 4.31 Å². The molecule has 3 rings (SSSR count). The lowest BCUT2D eigenvalue weighted by atomic mass is 10.2. The molecule has 1 aliphatic heterocycles. The third-order valence-electron chi connectivity index (χ3n) is 3.89. The standard InChI is InChI=1S/C15H17ClN4O2S/c1-12-2-3-13(10-14(12)16)23(21,22)20-8-6-19(7-9-20)15-11-17-4-5-18-15/h2-5,10-11H,6-9H2,1H3. The van der Waals surface area contributed by atoms with Crippen molar-refractivity contribution in [2.45, 2.75) is 11.8 Å². The number of aromatic nitrogens is 2. The van der Waals surface area contributed by atoms with Gasteiger partial charge in [-0.25, -0.2) is 13.4 Å². The second-order valence-electron chi connectivity index (χ2n) is 5.37. The van der Waals surface area contributed by atoms with Gasteiger partial charge in [-0.3, -0.25) is 4.98 Å². The summed E-state index contributed by atoms with van der Waals surface area (Å²) in [5.74, 6) is 0.767. The Labute approximate surface area is 140 Å². The largest absolute Gasteiger partial charge is 0.353 e. The Morgan fingerprint density at radius 3 is 2.48 bits per heavy atom. The predicted octanol–water partition coefficient (Wildman–Crippen LogP) is 1.95. The maximum atomic E-state index is 12.7. The van der Waals surface area contributed by atoms with E-state index in [1.54, 1.807) is 30.7 Å². The first-order valence-corrected chi connectivity index (χ1v) is 9.07. The second kappa shape index (κ2) is 6.43. The number of hydrogen-bond donors (Lipinski definition) is 0. The molecule has 2 heterocycles. The van der Waals surface area contributed by atoms with Crippen molar-refractivity contribution in [3.63, 3.8) is 0 Å². The van der Waals surface area contributed by atoms with Crippen LogP contribution in [0.4, 0.5) is 5.82 Å². The van der Waals surface area contributed by atoms with Gasteiger partial charge in [-0.15, -0.1) is 0 Å². The summed E-state index contributed by atoms with van der Waals surface area (Å²) >= 11 is 6.06. The molecule has 1 aromatic carbocycles. The molecule has 1 aromatic heterocycles. The minimum absolute atomic E-state index is 0.237. The van der Waals surface area contributed by atoms with E-state index in [-0.39, 0.29) is 4.90 Å². The number of hydrogen-bond acceptors (Lipinski definition) is 5. The van der Waals surface area contributed by atoms with Crippen LogP contribution in [0.5, 0.6) is 0 Å². The number of halogens is 1. The second-order valence-corrected chi connectivity index (χ2v) is 7.71. The third-order valence-corrected chi connectivity index (χ3v) is 6.20. The summed E-state index contributed by atoms with van der Waals surface area (Å²) < 4.78 is 26.9. The normalized spacial score (nSPS) is 16.5. The first kappa shape index (κ1) is 16.2. The molecule has 0 N–H and O–H groups in total. The smallest absolute Gasteiger partial charge is 0.243 e. The Hall–Kier alpha value is -1.70. The van der Waals surface area contributed by atoms with Crippen molar-refractivity contribution in [3.05, 3.63) is 47.4 Å². The predicted molar refractivity (Wildman–Crippen MR) is 89.2 cm³/mol. The van der Waals surface area contributed by atoms with E-state index in [9.17, 15) is 8.42 Å². The Balaban J connectivity index is 1.75. The fourth-order valence-corrected chi connectivity index (χ4v) is 4.19. The molecule has 0 amide bonds. The van der Waals surface area contributed by atoms with Gasteiger partial charge in [0, 0.05) is 43.6 Å². The van der Waals surface area contributed by atoms with Crippen LogP contribution in [0.15, 0.2) is 41.7 Å². The van der Waals surface area contributed by atoms with E-state index in [0.29, 0.717) is 31.2 Å². The van der Waals surface area contributed by atoms with Gasteiger partial charge in [0.1, 0.15) is 5.82 Å². The Bertz CT molecular complexity index is 790. The molecule has 0 spiro atoms. The Morgan fingerprint density at radius 2 is 1.87 bits per heavy atom. The van der Waals surface area contributed by atoms with Crippen molar-refractivity contribution in [1.29, 1.82) is 0 Å². The molecule has 1 saturated heterocycles. The highest BCUT2D eigenvalue weighted by Crippen LogP contribution is 2.24. The zero-order valence-electron chi connectivity index (χ0n) is 12.7. The van der Waals surface area contributed by atoms with Crippen LogP contribution in [0.3, 0.4) is 0 Å². The van der Waals surface area contributed by atoms with E-state index < -0.39 is 10.0 Å². The summed E-state index contributed by atoms with van der Waals surface area (Å²) in [4.78, 5) is 10.6. The molecule has 0 atom stereocenters. The molecule has 8 heteroatoms. The third kappa shape index (κ3) is 3.31. The van der Waals surface area contributed by atoms with Crippen LogP contribution in [0, 0.1) is 6.92 Å². The van der Waals surface area contributed by atoms with Gasteiger partial charge in [0.15, 0.2) is 0 Å². The number of nitrogens with zero attached hydrogens (tertiary/aromatic N) is 4. The first-order valence-electron chi connectivity index (χ1n) is 7.26. The highest BCUT2D eigenvalue weighted by atomic mass is 35.5. The average Bonchev–Trinajstić information content (AvgIpc) is 2.58. The van der Waals surface area contributed by atoms with Gasteiger partial charge in [0.25, 0.3) is 0 Å². The summed E-state index contributed by atoms with van der Waals surface area (Å²) in [5.41, 5.74) is 0.859. The molecule has 0 saturated carbocycles. The van der Waals surface area contributed by atoms with Crippen molar-refractivity contribution in [2.24, 2.45) is 0 Å². The molecular formula is C15H17ClN4O2S.